The highest BCUT2D eigenvalue weighted by Crippen LogP contribution is 2.25. The Morgan fingerprint density at radius 1 is 1.29 bits per heavy atom. The van der Waals surface area contributed by atoms with E-state index in [1.54, 1.807) is 23.1 Å². The molecule has 0 bridgehead atoms. The Labute approximate surface area is 132 Å². The van der Waals surface area contributed by atoms with Gasteiger partial charge in [-0.1, -0.05) is 23.2 Å². The third-order valence-corrected chi connectivity index (χ3v) is 3.89. The monoisotopic (exact) mass is 330 g/mol. The predicted molar refractivity (Wildman–Crippen MR) is 82.0 cm³/mol. The van der Waals surface area contributed by atoms with E-state index >= 15 is 0 Å². The van der Waals surface area contributed by atoms with Gasteiger partial charge in [-0.3, -0.25) is 4.79 Å². The molecule has 0 radical (unpaired) electrons. The van der Waals surface area contributed by atoms with Gasteiger partial charge in [-0.15, -0.1) is 0 Å². The molecule has 1 aliphatic heterocycles. The molecule has 1 saturated heterocycles. The van der Waals surface area contributed by atoms with Gasteiger partial charge in [-0.2, -0.15) is 0 Å². The lowest BCUT2D eigenvalue weighted by molar-refractivity contribution is -0.137. The molecular weight excluding hydrogens is 315 g/mol. The number of carboxylic acid groups (broad SMARTS) is 1. The van der Waals surface area contributed by atoms with Gasteiger partial charge in [0.2, 0.25) is 0 Å². The fourth-order valence-electron chi connectivity index (χ4n) is 2.41. The SMILES string of the molecule is O=C(O)CCC1CCN(C(=O)Nc2cc(Cl)cc(Cl)c2)C1. The number of benzene rings is 1. The number of nitrogens with one attached hydrogen (secondary N) is 1. The van der Waals surface area contributed by atoms with Crippen molar-refractivity contribution in [2.45, 2.75) is 19.3 Å². The highest BCUT2D eigenvalue weighted by atomic mass is 35.5. The van der Waals surface area contributed by atoms with Crippen molar-refractivity contribution >= 4 is 40.9 Å². The lowest BCUT2D eigenvalue weighted by atomic mass is 10.0. The molecule has 0 aliphatic carbocycles. The van der Waals surface area contributed by atoms with E-state index in [0.717, 1.165) is 6.42 Å². The number of nitrogens with zero attached hydrogens (tertiary/aromatic N) is 1. The van der Waals surface area contributed by atoms with Crippen LogP contribution in [0.15, 0.2) is 18.2 Å². The minimum Gasteiger partial charge on any atom is -0.481 e. The Bertz CT molecular complexity index is 531. The summed E-state index contributed by atoms with van der Waals surface area (Å²) in [6, 6.07) is 4.63. The van der Waals surface area contributed by atoms with E-state index in [-0.39, 0.29) is 18.4 Å². The average molecular weight is 331 g/mol. The number of carbonyl (C=O) groups is 2. The molecule has 1 unspecified atom stereocenters. The number of halogens is 2. The highest BCUT2D eigenvalue weighted by molar-refractivity contribution is 6.35. The molecule has 0 saturated carbocycles. The first-order valence-corrected chi connectivity index (χ1v) is 7.43. The van der Waals surface area contributed by atoms with Crippen molar-refractivity contribution in [3.63, 3.8) is 0 Å². The van der Waals surface area contributed by atoms with Crippen LogP contribution in [0.1, 0.15) is 19.3 Å². The number of urea groups is 1. The molecule has 1 heterocycles. The summed E-state index contributed by atoms with van der Waals surface area (Å²) >= 11 is 11.8. The summed E-state index contributed by atoms with van der Waals surface area (Å²) in [5, 5.41) is 12.3. The van der Waals surface area contributed by atoms with Gasteiger partial charge in [0, 0.05) is 35.2 Å². The summed E-state index contributed by atoms with van der Waals surface area (Å²) < 4.78 is 0. The van der Waals surface area contributed by atoms with Gasteiger partial charge >= 0.3 is 12.0 Å². The van der Waals surface area contributed by atoms with Crippen LogP contribution in [0, 0.1) is 5.92 Å². The number of aliphatic carboxylic acids is 1. The van der Waals surface area contributed by atoms with E-state index in [1.807, 2.05) is 0 Å². The van der Waals surface area contributed by atoms with Gasteiger partial charge in [0.25, 0.3) is 0 Å². The Morgan fingerprint density at radius 2 is 1.95 bits per heavy atom. The molecule has 1 aromatic rings. The van der Waals surface area contributed by atoms with Gasteiger partial charge in [0.05, 0.1) is 0 Å². The number of carboxylic acids is 1. The van der Waals surface area contributed by atoms with Gasteiger partial charge in [0.1, 0.15) is 0 Å². The topological polar surface area (TPSA) is 69.6 Å². The largest absolute Gasteiger partial charge is 0.481 e. The summed E-state index contributed by atoms with van der Waals surface area (Å²) in [5.74, 6) is -0.554. The standard InChI is InChI=1S/C14H16Cl2N2O3/c15-10-5-11(16)7-12(6-10)17-14(21)18-4-3-9(8-18)1-2-13(19)20/h5-7,9H,1-4,8H2,(H,17,21)(H,19,20). The van der Waals surface area contributed by atoms with E-state index in [4.69, 9.17) is 28.3 Å². The zero-order valence-electron chi connectivity index (χ0n) is 11.3. The normalized spacial score (nSPS) is 17.8. The molecule has 2 rings (SSSR count). The first kappa shape index (κ1) is 15.9. The van der Waals surface area contributed by atoms with Crippen LogP contribution in [0.3, 0.4) is 0 Å². The maximum Gasteiger partial charge on any atom is 0.321 e. The molecule has 5 nitrogen and oxygen atoms in total. The second-order valence-electron chi connectivity index (χ2n) is 5.12. The molecule has 0 aromatic heterocycles. The number of likely N-dealkylation sites (tertiary alicyclic amines) is 1. The molecule has 114 valence electrons. The highest BCUT2D eigenvalue weighted by Gasteiger charge is 2.26. The van der Waals surface area contributed by atoms with E-state index in [9.17, 15) is 9.59 Å². The zero-order chi connectivity index (χ0) is 15.4. The molecule has 0 spiro atoms. The molecule has 1 atom stereocenters. The van der Waals surface area contributed by atoms with Crippen LogP contribution in [0.4, 0.5) is 10.5 Å². The lowest BCUT2D eigenvalue weighted by Gasteiger charge is -2.17. The van der Waals surface area contributed by atoms with Crippen LogP contribution in [0.2, 0.25) is 10.0 Å². The predicted octanol–water partition coefficient (Wildman–Crippen LogP) is 3.71. The fourth-order valence-corrected chi connectivity index (χ4v) is 2.93. The summed E-state index contributed by atoms with van der Waals surface area (Å²) in [5.41, 5.74) is 0.548. The molecular formula is C14H16Cl2N2O3. The van der Waals surface area contributed by atoms with Crippen LogP contribution in [0.25, 0.3) is 0 Å². The van der Waals surface area contributed by atoms with Crippen LogP contribution >= 0.6 is 23.2 Å². The van der Waals surface area contributed by atoms with Crippen molar-refractivity contribution in [2.75, 3.05) is 18.4 Å². The van der Waals surface area contributed by atoms with E-state index < -0.39 is 5.97 Å². The Morgan fingerprint density at radius 3 is 2.57 bits per heavy atom. The summed E-state index contributed by atoms with van der Waals surface area (Å²) in [7, 11) is 0. The van der Waals surface area contributed by atoms with E-state index in [1.165, 1.54) is 0 Å². The molecule has 21 heavy (non-hydrogen) atoms. The third kappa shape index (κ3) is 4.79. The summed E-state index contributed by atoms with van der Waals surface area (Å²) in [6.45, 7) is 1.21. The van der Waals surface area contributed by atoms with Gasteiger partial charge in [-0.05, 0) is 37.0 Å². The fraction of sp³-hybridized carbons (Fsp3) is 0.429. The van der Waals surface area contributed by atoms with Crippen molar-refractivity contribution < 1.29 is 14.7 Å². The minimum absolute atomic E-state index is 0.143. The third-order valence-electron chi connectivity index (χ3n) is 3.45. The Balaban J connectivity index is 1.88. The van der Waals surface area contributed by atoms with Crippen LogP contribution < -0.4 is 5.32 Å². The quantitative estimate of drug-likeness (QED) is 0.883. The maximum atomic E-state index is 12.1. The Hall–Kier alpha value is -1.46. The van der Waals surface area contributed by atoms with Crippen LogP contribution in [-0.2, 0) is 4.79 Å². The van der Waals surface area contributed by atoms with Crippen LogP contribution in [0.5, 0.6) is 0 Å². The number of carbonyl (C=O) groups excluding carboxylic acids is 1. The molecule has 1 aromatic carbocycles. The first-order chi connectivity index (χ1) is 9.94. The summed E-state index contributed by atoms with van der Waals surface area (Å²) in [6.07, 6.45) is 1.57. The first-order valence-electron chi connectivity index (χ1n) is 6.68. The number of hydrogen-bond donors (Lipinski definition) is 2. The number of rotatable bonds is 4. The molecule has 2 N–H and O–H groups in total. The maximum absolute atomic E-state index is 12.1. The van der Waals surface area contributed by atoms with Crippen molar-refractivity contribution in [1.82, 2.24) is 4.90 Å². The van der Waals surface area contributed by atoms with E-state index in [0.29, 0.717) is 35.2 Å². The van der Waals surface area contributed by atoms with Crippen LogP contribution in [-0.4, -0.2) is 35.1 Å². The second-order valence-corrected chi connectivity index (χ2v) is 5.99. The van der Waals surface area contributed by atoms with Crippen molar-refractivity contribution in [3.05, 3.63) is 28.2 Å². The number of anilines is 1. The molecule has 1 aliphatic rings. The number of hydrogen-bond acceptors (Lipinski definition) is 2. The van der Waals surface area contributed by atoms with Crippen molar-refractivity contribution in [3.8, 4) is 0 Å². The zero-order valence-corrected chi connectivity index (χ0v) is 12.8. The number of amides is 2. The average Bonchev–Trinajstić information content (AvgIpc) is 2.83. The minimum atomic E-state index is -0.800. The van der Waals surface area contributed by atoms with E-state index in [2.05, 4.69) is 5.32 Å². The van der Waals surface area contributed by atoms with Gasteiger partial charge in [-0.25, -0.2) is 4.79 Å². The summed E-state index contributed by atoms with van der Waals surface area (Å²) in [4.78, 5) is 24.4. The van der Waals surface area contributed by atoms with Crippen molar-refractivity contribution in [1.29, 1.82) is 0 Å². The lowest BCUT2D eigenvalue weighted by Crippen LogP contribution is -2.33. The van der Waals surface area contributed by atoms with Gasteiger partial charge in [0.15, 0.2) is 0 Å². The van der Waals surface area contributed by atoms with Crippen molar-refractivity contribution in [2.24, 2.45) is 5.92 Å². The Kier molecular flexibility index (Phi) is 5.31. The molecule has 1 fully saturated rings. The second kappa shape index (κ2) is 7.00. The molecule has 7 heteroatoms. The van der Waals surface area contributed by atoms with Gasteiger partial charge < -0.3 is 15.3 Å². The smallest absolute Gasteiger partial charge is 0.321 e. The molecule has 2 amide bonds.